The van der Waals surface area contributed by atoms with Crippen molar-refractivity contribution in [1.29, 1.82) is 0 Å². The van der Waals surface area contributed by atoms with E-state index in [0.29, 0.717) is 18.6 Å². The predicted octanol–water partition coefficient (Wildman–Crippen LogP) is 4.81. The second kappa shape index (κ2) is 8.75. The van der Waals surface area contributed by atoms with Gasteiger partial charge in [-0.3, -0.25) is 9.78 Å². The van der Waals surface area contributed by atoms with Gasteiger partial charge in [-0.2, -0.15) is 0 Å². The maximum absolute atomic E-state index is 12.8. The van der Waals surface area contributed by atoms with Crippen LogP contribution in [0.1, 0.15) is 43.3 Å². The topological polar surface area (TPSA) is 83.6 Å². The van der Waals surface area contributed by atoms with E-state index in [0.717, 1.165) is 59.8 Å². The quantitative estimate of drug-likeness (QED) is 0.384. The number of Topliss-reactive ketones (excluding diaryl/α,β-unsaturated/α-hetero) is 1. The number of aromatic amines is 1. The number of pyridine rings is 1. The molecular weight excluding hydrogens is 414 g/mol. The van der Waals surface area contributed by atoms with Gasteiger partial charge in [-0.25, -0.2) is 9.97 Å². The molecule has 5 rings (SSSR count). The van der Waals surface area contributed by atoms with Crippen molar-refractivity contribution in [2.24, 2.45) is 0 Å². The van der Waals surface area contributed by atoms with E-state index >= 15 is 0 Å². The van der Waals surface area contributed by atoms with Gasteiger partial charge in [-0.05, 0) is 37.4 Å². The molecule has 5 heterocycles. The number of fused-ring (bicyclic) bond motifs is 2. The highest BCUT2D eigenvalue weighted by Crippen LogP contribution is 2.41. The van der Waals surface area contributed by atoms with Crippen molar-refractivity contribution in [3.05, 3.63) is 52.0 Å². The Morgan fingerprint density at radius 1 is 1.23 bits per heavy atom. The Labute approximate surface area is 185 Å². The number of thiazole rings is 1. The van der Waals surface area contributed by atoms with Crippen LogP contribution in [0.2, 0.25) is 0 Å². The van der Waals surface area contributed by atoms with Crippen LogP contribution in [-0.2, 0) is 30.6 Å². The van der Waals surface area contributed by atoms with E-state index in [1.54, 1.807) is 28.9 Å². The van der Waals surface area contributed by atoms with Gasteiger partial charge in [0.1, 0.15) is 22.1 Å². The number of nitrogens with zero attached hydrogens (tertiary/aromatic N) is 3. The second-order valence-electron chi connectivity index (χ2n) is 7.55. The Balaban J connectivity index is 0.00000144. The zero-order chi connectivity index (χ0) is 20.3. The van der Waals surface area contributed by atoms with Crippen LogP contribution in [0, 0.1) is 0 Å². The average Bonchev–Trinajstić information content (AvgIpc) is 3.48. The number of aryl methyl sites for hydroxylation is 1. The van der Waals surface area contributed by atoms with Gasteiger partial charge in [-0.15, -0.1) is 22.7 Å². The van der Waals surface area contributed by atoms with Crippen molar-refractivity contribution in [1.82, 2.24) is 25.3 Å². The maximum atomic E-state index is 12.8. The molecule has 0 saturated heterocycles. The number of hydrogen-bond donors (Lipinski definition) is 2. The molecule has 6 nitrogen and oxygen atoms in total. The van der Waals surface area contributed by atoms with Gasteiger partial charge in [0.05, 0.1) is 10.9 Å². The molecule has 1 aliphatic heterocycles. The minimum absolute atomic E-state index is 0. The van der Waals surface area contributed by atoms with Gasteiger partial charge in [0, 0.05) is 62.6 Å². The van der Waals surface area contributed by atoms with Crippen LogP contribution >= 0.6 is 22.7 Å². The number of thiophene rings is 1. The smallest absolute Gasteiger partial charge is 0.138 e. The zero-order valence-corrected chi connectivity index (χ0v) is 18.2. The van der Waals surface area contributed by atoms with Crippen molar-refractivity contribution in [3.63, 3.8) is 0 Å². The minimum atomic E-state index is 0. The lowest BCUT2D eigenvalue weighted by atomic mass is 10.00. The molecule has 0 aliphatic carbocycles. The van der Waals surface area contributed by atoms with Gasteiger partial charge in [0.2, 0.25) is 0 Å². The van der Waals surface area contributed by atoms with Crippen molar-refractivity contribution in [2.45, 2.75) is 45.1 Å². The Hall–Kier alpha value is -2.42. The number of carbonyl (C=O) groups is 1. The SMILES string of the molecule is O=C(CCCCc1ncc[nH]1)Cc1sc2c(c1-c1nc3cnccc3s1)CCNC2.[HH].[HH]. The average molecular weight is 442 g/mol. The van der Waals surface area contributed by atoms with Crippen LogP contribution < -0.4 is 5.32 Å². The van der Waals surface area contributed by atoms with Crippen molar-refractivity contribution >= 4 is 38.7 Å². The second-order valence-corrected chi connectivity index (χ2v) is 9.77. The summed E-state index contributed by atoms with van der Waals surface area (Å²) in [5, 5.41) is 4.48. The van der Waals surface area contributed by atoms with E-state index in [4.69, 9.17) is 4.98 Å². The van der Waals surface area contributed by atoms with E-state index in [1.165, 1.54) is 20.9 Å². The fraction of sp³-hybridized carbons (Fsp3) is 0.364. The number of nitrogens with one attached hydrogen (secondary N) is 2. The predicted molar refractivity (Wildman–Crippen MR) is 125 cm³/mol. The van der Waals surface area contributed by atoms with Crippen LogP contribution in [0.4, 0.5) is 0 Å². The van der Waals surface area contributed by atoms with Crippen molar-refractivity contribution < 1.29 is 7.65 Å². The number of carbonyl (C=O) groups excluding carboxylic acids is 1. The summed E-state index contributed by atoms with van der Waals surface area (Å²) in [5.74, 6) is 1.30. The maximum Gasteiger partial charge on any atom is 0.138 e. The van der Waals surface area contributed by atoms with E-state index in [9.17, 15) is 4.79 Å². The van der Waals surface area contributed by atoms with Gasteiger partial charge < -0.3 is 10.3 Å². The van der Waals surface area contributed by atoms with E-state index in [2.05, 4.69) is 20.3 Å². The lowest BCUT2D eigenvalue weighted by Gasteiger charge is -2.13. The highest BCUT2D eigenvalue weighted by atomic mass is 32.1. The molecule has 0 bridgehead atoms. The summed E-state index contributed by atoms with van der Waals surface area (Å²) in [6.45, 7) is 1.86. The first-order chi connectivity index (χ1) is 14.8. The van der Waals surface area contributed by atoms with Gasteiger partial charge in [0.25, 0.3) is 0 Å². The molecule has 4 aromatic rings. The zero-order valence-electron chi connectivity index (χ0n) is 16.6. The lowest BCUT2D eigenvalue weighted by molar-refractivity contribution is -0.118. The molecule has 0 spiro atoms. The molecule has 158 valence electrons. The third kappa shape index (κ3) is 4.08. The first-order valence-corrected chi connectivity index (χ1v) is 12.0. The van der Waals surface area contributed by atoms with E-state index < -0.39 is 0 Å². The first kappa shape index (κ1) is 19.5. The molecule has 0 amide bonds. The van der Waals surface area contributed by atoms with Crippen LogP contribution in [0.3, 0.4) is 0 Å². The lowest BCUT2D eigenvalue weighted by Crippen LogP contribution is -2.22. The molecule has 8 heteroatoms. The molecule has 2 N–H and O–H groups in total. The Kier molecular flexibility index (Phi) is 5.70. The third-order valence-electron chi connectivity index (χ3n) is 5.44. The van der Waals surface area contributed by atoms with Crippen LogP contribution in [0.5, 0.6) is 0 Å². The Bertz CT molecular complexity index is 1140. The summed E-state index contributed by atoms with van der Waals surface area (Å²) < 4.78 is 1.14. The molecule has 0 aromatic carbocycles. The molecule has 0 unspecified atom stereocenters. The van der Waals surface area contributed by atoms with Gasteiger partial charge in [-0.1, -0.05) is 0 Å². The van der Waals surface area contributed by atoms with Crippen LogP contribution in [0.15, 0.2) is 30.9 Å². The number of aromatic nitrogens is 4. The fourth-order valence-corrected chi connectivity index (χ4v) is 6.42. The number of ketones is 1. The molecule has 0 atom stereocenters. The van der Waals surface area contributed by atoms with E-state index in [-0.39, 0.29) is 2.85 Å². The monoisotopic (exact) mass is 441 g/mol. The largest absolute Gasteiger partial charge is 0.349 e. The molecule has 0 fully saturated rings. The highest BCUT2D eigenvalue weighted by Gasteiger charge is 2.25. The minimum Gasteiger partial charge on any atom is -0.349 e. The molecule has 4 aromatic heterocycles. The van der Waals surface area contributed by atoms with Gasteiger partial charge >= 0.3 is 0 Å². The van der Waals surface area contributed by atoms with Crippen LogP contribution in [0.25, 0.3) is 20.8 Å². The number of H-pyrrole nitrogens is 1. The summed E-state index contributed by atoms with van der Waals surface area (Å²) in [7, 11) is 0. The Morgan fingerprint density at radius 2 is 2.20 bits per heavy atom. The highest BCUT2D eigenvalue weighted by molar-refractivity contribution is 7.22. The van der Waals surface area contributed by atoms with E-state index in [1.807, 2.05) is 24.7 Å². The summed E-state index contributed by atoms with van der Waals surface area (Å²) in [5.41, 5.74) is 3.52. The number of imidazole rings is 1. The summed E-state index contributed by atoms with van der Waals surface area (Å²) in [6, 6.07) is 2.01. The fourth-order valence-electron chi connectivity index (χ4n) is 3.97. The molecule has 0 saturated carbocycles. The third-order valence-corrected chi connectivity index (χ3v) is 7.72. The normalized spacial score (nSPS) is 13.6. The number of hydrogen-bond acceptors (Lipinski definition) is 7. The molecule has 1 aliphatic rings. The van der Waals surface area contributed by atoms with Gasteiger partial charge in [0.15, 0.2) is 0 Å². The Morgan fingerprint density at radius 3 is 3.07 bits per heavy atom. The summed E-state index contributed by atoms with van der Waals surface area (Å²) >= 11 is 3.49. The van der Waals surface area contributed by atoms with Crippen molar-refractivity contribution in [3.8, 4) is 10.6 Å². The summed E-state index contributed by atoms with van der Waals surface area (Å²) in [6.07, 6.45) is 12.1. The molecule has 30 heavy (non-hydrogen) atoms. The van der Waals surface area contributed by atoms with Crippen molar-refractivity contribution in [2.75, 3.05) is 6.54 Å². The summed E-state index contributed by atoms with van der Waals surface area (Å²) in [4.78, 5) is 31.7. The van der Waals surface area contributed by atoms with Crippen LogP contribution in [-0.4, -0.2) is 32.3 Å². The first-order valence-electron chi connectivity index (χ1n) is 10.3. The number of unbranched alkanes of at least 4 members (excludes halogenated alkanes) is 1. The molecular formula is C22H27N5OS2. The molecule has 0 radical (unpaired) electrons. The standard InChI is InChI=1S/C22H23N5OS2.2H2/c28-14(3-1-2-4-20-25-9-10-26-20)11-18-21(15-5-7-24-13-19(15)29-18)22-27-16-12-23-8-6-17(16)30-22;;/h6,8-10,12,24H,1-5,7,11,13H2,(H,25,26);2*1H. The number of rotatable bonds is 8.